The number of cyclic esters (lactones) is 2. The maximum atomic E-state index is 12.2. The molecule has 1 aliphatic heterocycles. The number of ketones is 1. The van der Waals surface area contributed by atoms with Crippen LogP contribution in [-0.4, -0.2) is 36.2 Å². The molecule has 1 fully saturated rings. The minimum Gasteiger partial charge on any atom is -0.419 e. The van der Waals surface area contributed by atoms with Gasteiger partial charge in [-0.15, -0.1) is 0 Å². The van der Waals surface area contributed by atoms with Gasteiger partial charge < -0.3 is 19.9 Å². The molecule has 0 aliphatic carbocycles. The Morgan fingerprint density at radius 3 is 2.08 bits per heavy atom. The molecule has 7 nitrogen and oxygen atoms in total. The van der Waals surface area contributed by atoms with Gasteiger partial charge in [0, 0.05) is 26.0 Å². The van der Waals surface area contributed by atoms with Gasteiger partial charge in [-0.05, 0) is 19.4 Å². The highest BCUT2D eigenvalue weighted by molar-refractivity contribution is 6.20. The summed E-state index contributed by atoms with van der Waals surface area (Å²) in [6, 6.07) is 6.22. The van der Waals surface area contributed by atoms with Gasteiger partial charge in [0.25, 0.3) is 5.79 Å². The Morgan fingerprint density at radius 2 is 1.60 bits per heavy atom. The van der Waals surface area contributed by atoms with E-state index in [1.807, 2.05) is 6.92 Å². The normalized spacial score (nSPS) is 17.5. The van der Waals surface area contributed by atoms with Gasteiger partial charge in [-0.25, -0.2) is 9.59 Å². The summed E-state index contributed by atoms with van der Waals surface area (Å²) in [6.07, 6.45) is -0.558. The molecule has 25 heavy (non-hydrogen) atoms. The molecule has 134 valence electrons. The topological polar surface area (TPSA) is 105 Å². The number of Topliss-reactive ketones (excluding diaryl/α,β-unsaturated/α-hetero) is 1. The summed E-state index contributed by atoms with van der Waals surface area (Å²) >= 11 is 0. The number of benzene rings is 1. The molecule has 1 aromatic carbocycles. The number of hydrogen-bond acceptors (Lipinski definition) is 7. The van der Waals surface area contributed by atoms with E-state index in [2.05, 4.69) is 0 Å². The lowest BCUT2D eigenvalue weighted by atomic mass is 10.0. The molecule has 0 radical (unpaired) electrons. The van der Waals surface area contributed by atoms with Crippen molar-refractivity contribution >= 4 is 23.4 Å². The molecule has 1 saturated heterocycles. The zero-order valence-electron chi connectivity index (χ0n) is 14.6. The summed E-state index contributed by atoms with van der Waals surface area (Å²) in [5, 5.41) is 0. The Morgan fingerprint density at radius 1 is 1.12 bits per heavy atom. The van der Waals surface area contributed by atoms with Crippen molar-refractivity contribution in [2.45, 2.75) is 39.6 Å². The first-order valence-corrected chi connectivity index (χ1v) is 7.89. The minimum atomic E-state index is -1.33. The highest BCUT2D eigenvalue weighted by Gasteiger charge is 2.40. The van der Waals surface area contributed by atoms with E-state index in [-0.39, 0.29) is 17.1 Å². The lowest BCUT2D eigenvalue weighted by Gasteiger charge is -2.30. The van der Waals surface area contributed by atoms with E-state index in [1.165, 1.54) is 13.8 Å². The SMILES string of the molecule is CCOC(C)C(=O)c1ccc(C(N)=C2C(=O)OC(C)(C)OC2=O)cc1. The average molecular weight is 347 g/mol. The third-order valence-electron chi connectivity index (χ3n) is 3.62. The van der Waals surface area contributed by atoms with Crippen molar-refractivity contribution < 1.29 is 28.6 Å². The van der Waals surface area contributed by atoms with Gasteiger partial charge in [0.2, 0.25) is 0 Å². The van der Waals surface area contributed by atoms with Crippen LogP contribution in [0.5, 0.6) is 0 Å². The molecule has 1 atom stereocenters. The Hall–Kier alpha value is -2.67. The first kappa shape index (κ1) is 18.7. The van der Waals surface area contributed by atoms with Crippen LogP contribution in [0.1, 0.15) is 43.6 Å². The van der Waals surface area contributed by atoms with Gasteiger partial charge in [0.1, 0.15) is 6.10 Å². The summed E-state index contributed by atoms with van der Waals surface area (Å²) in [6.45, 7) is 6.82. The van der Waals surface area contributed by atoms with E-state index in [1.54, 1.807) is 31.2 Å². The van der Waals surface area contributed by atoms with Crippen molar-refractivity contribution in [1.29, 1.82) is 0 Å². The fraction of sp³-hybridized carbons (Fsp3) is 0.389. The molecular formula is C18H21NO6. The molecule has 1 unspecified atom stereocenters. The van der Waals surface area contributed by atoms with Crippen molar-refractivity contribution in [3.8, 4) is 0 Å². The minimum absolute atomic E-state index is 0.0673. The number of esters is 2. The maximum absolute atomic E-state index is 12.2. The largest absolute Gasteiger partial charge is 0.419 e. The number of nitrogens with two attached hydrogens (primary N) is 1. The standard InChI is InChI=1S/C18H21NO6/c1-5-23-10(2)15(20)12-8-6-11(7-9-12)14(19)13-16(21)24-18(3,4)25-17(13)22/h6-10H,5,19H2,1-4H3. The van der Waals surface area contributed by atoms with Crippen LogP contribution < -0.4 is 5.73 Å². The van der Waals surface area contributed by atoms with Crippen LogP contribution in [0.15, 0.2) is 29.8 Å². The van der Waals surface area contributed by atoms with Crippen molar-refractivity contribution in [3.05, 3.63) is 41.0 Å². The Bertz CT molecular complexity index is 710. The summed E-state index contributed by atoms with van der Waals surface area (Å²) < 4.78 is 15.3. The fourth-order valence-corrected chi connectivity index (χ4v) is 2.39. The van der Waals surface area contributed by atoms with E-state index in [0.29, 0.717) is 17.7 Å². The Labute approximate surface area is 145 Å². The van der Waals surface area contributed by atoms with Crippen LogP contribution in [0.4, 0.5) is 0 Å². The highest BCUT2D eigenvalue weighted by atomic mass is 16.7. The van der Waals surface area contributed by atoms with Crippen molar-refractivity contribution in [2.75, 3.05) is 6.61 Å². The summed E-state index contributed by atoms with van der Waals surface area (Å²) in [5.74, 6) is -3.19. The zero-order chi connectivity index (χ0) is 18.8. The highest BCUT2D eigenvalue weighted by Crippen LogP contribution is 2.26. The van der Waals surface area contributed by atoms with Crippen LogP contribution in [0, 0.1) is 0 Å². The second-order valence-electron chi connectivity index (χ2n) is 6.01. The van der Waals surface area contributed by atoms with E-state index in [9.17, 15) is 14.4 Å². The Kier molecular flexibility index (Phi) is 5.27. The van der Waals surface area contributed by atoms with Gasteiger partial charge >= 0.3 is 11.9 Å². The molecule has 7 heteroatoms. The van der Waals surface area contributed by atoms with Crippen LogP contribution in [0.2, 0.25) is 0 Å². The van der Waals surface area contributed by atoms with E-state index < -0.39 is 23.8 Å². The first-order chi connectivity index (χ1) is 11.7. The van der Waals surface area contributed by atoms with Crippen LogP contribution in [-0.2, 0) is 23.8 Å². The summed E-state index contributed by atoms with van der Waals surface area (Å²) in [7, 11) is 0. The summed E-state index contributed by atoms with van der Waals surface area (Å²) in [5.41, 5.74) is 6.36. The lowest BCUT2D eigenvalue weighted by Crippen LogP contribution is -2.42. The second-order valence-corrected chi connectivity index (χ2v) is 6.01. The second kappa shape index (κ2) is 7.06. The quantitative estimate of drug-likeness (QED) is 0.375. The van der Waals surface area contributed by atoms with Crippen molar-refractivity contribution in [3.63, 3.8) is 0 Å². The molecule has 0 spiro atoms. The van der Waals surface area contributed by atoms with Crippen LogP contribution >= 0.6 is 0 Å². The first-order valence-electron chi connectivity index (χ1n) is 7.89. The van der Waals surface area contributed by atoms with Gasteiger partial charge in [-0.3, -0.25) is 4.79 Å². The van der Waals surface area contributed by atoms with E-state index in [0.717, 1.165) is 0 Å². The predicted octanol–water partition coefficient (Wildman–Crippen LogP) is 1.80. The van der Waals surface area contributed by atoms with Crippen molar-refractivity contribution in [1.82, 2.24) is 0 Å². The maximum Gasteiger partial charge on any atom is 0.351 e. The molecule has 2 rings (SSSR count). The Balaban J connectivity index is 2.28. The lowest BCUT2D eigenvalue weighted by molar-refractivity contribution is -0.222. The average Bonchev–Trinajstić information content (AvgIpc) is 2.52. The number of ether oxygens (including phenoxy) is 3. The number of rotatable bonds is 5. The fourth-order valence-electron chi connectivity index (χ4n) is 2.39. The molecule has 1 heterocycles. The third-order valence-corrected chi connectivity index (χ3v) is 3.62. The van der Waals surface area contributed by atoms with Gasteiger partial charge in [0.05, 0.1) is 5.70 Å². The van der Waals surface area contributed by atoms with Gasteiger partial charge in [-0.2, -0.15) is 0 Å². The molecule has 1 aromatic rings. The molecule has 0 aromatic heterocycles. The van der Waals surface area contributed by atoms with Gasteiger partial charge in [0.15, 0.2) is 11.4 Å². The predicted molar refractivity (Wildman–Crippen MR) is 89.2 cm³/mol. The van der Waals surface area contributed by atoms with E-state index >= 15 is 0 Å². The monoisotopic (exact) mass is 347 g/mol. The number of hydrogen-bond donors (Lipinski definition) is 1. The van der Waals surface area contributed by atoms with Crippen molar-refractivity contribution in [2.24, 2.45) is 5.73 Å². The molecule has 1 aliphatic rings. The molecule has 0 bridgehead atoms. The van der Waals surface area contributed by atoms with E-state index in [4.69, 9.17) is 19.9 Å². The molecule has 2 N–H and O–H groups in total. The third kappa shape index (κ3) is 4.06. The van der Waals surface area contributed by atoms with Gasteiger partial charge in [-0.1, -0.05) is 24.3 Å². The molecule has 0 amide bonds. The van der Waals surface area contributed by atoms with Crippen LogP contribution in [0.3, 0.4) is 0 Å². The number of carbonyl (C=O) groups excluding carboxylic acids is 3. The summed E-state index contributed by atoms with van der Waals surface area (Å²) in [4.78, 5) is 36.3. The van der Waals surface area contributed by atoms with Crippen LogP contribution in [0.25, 0.3) is 5.70 Å². The smallest absolute Gasteiger partial charge is 0.351 e. The number of carbonyl (C=O) groups is 3. The molecule has 0 saturated carbocycles. The zero-order valence-corrected chi connectivity index (χ0v) is 14.6. The molecular weight excluding hydrogens is 326 g/mol.